The van der Waals surface area contributed by atoms with Crippen molar-refractivity contribution in [2.45, 2.75) is 17.6 Å². The summed E-state index contributed by atoms with van der Waals surface area (Å²) in [7, 11) is -3.30. The molecule has 0 heterocycles. The van der Waals surface area contributed by atoms with E-state index in [1.807, 2.05) is 31.2 Å². The van der Waals surface area contributed by atoms with E-state index in [0.717, 1.165) is 11.1 Å². The van der Waals surface area contributed by atoms with Gasteiger partial charge in [-0.1, -0.05) is 29.8 Å². The first kappa shape index (κ1) is 12.6. The van der Waals surface area contributed by atoms with Crippen LogP contribution in [-0.2, 0) is 15.6 Å². The van der Waals surface area contributed by atoms with Crippen LogP contribution < -0.4 is 5.73 Å². The normalized spacial score (nSPS) is 11.4. The summed E-state index contributed by atoms with van der Waals surface area (Å²) in [5.74, 6) is 0.0111. The Morgan fingerprint density at radius 1 is 0.944 bits per heavy atom. The predicted molar refractivity (Wildman–Crippen MR) is 72.9 cm³/mol. The van der Waals surface area contributed by atoms with Crippen LogP contribution in [0.25, 0.3) is 0 Å². The maximum absolute atomic E-state index is 12.2. The smallest absolute Gasteiger partial charge is 0.182 e. The first-order valence-corrected chi connectivity index (χ1v) is 7.26. The molecule has 0 spiro atoms. The first-order chi connectivity index (χ1) is 8.47. The molecule has 0 bridgehead atoms. The summed E-state index contributed by atoms with van der Waals surface area (Å²) in [5, 5.41) is 0. The first-order valence-electron chi connectivity index (χ1n) is 5.61. The number of benzene rings is 2. The molecule has 4 heteroatoms. The van der Waals surface area contributed by atoms with Crippen molar-refractivity contribution in [3.05, 3.63) is 59.7 Å². The SMILES string of the molecule is Cc1ccc(CS(=O)(=O)c2ccc(N)cc2)cc1. The van der Waals surface area contributed by atoms with Crippen LogP contribution >= 0.6 is 0 Å². The number of sulfone groups is 1. The molecule has 2 rings (SSSR count). The standard InChI is InChI=1S/C14H15NO2S/c1-11-2-4-12(5-3-11)10-18(16,17)14-8-6-13(15)7-9-14/h2-9H,10,15H2,1H3. The summed E-state index contributed by atoms with van der Waals surface area (Å²) in [5.41, 5.74) is 8.01. The Bertz CT molecular complexity index is 628. The van der Waals surface area contributed by atoms with Crippen LogP contribution in [0.3, 0.4) is 0 Å². The molecule has 0 radical (unpaired) electrons. The van der Waals surface area contributed by atoms with Gasteiger partial charge >= 0.3 is 0 Å². The second kappa shape index (κ2) is 4.82. The minimum absolute atomic E-state index is 0.0111. The second-order valence-electron chi connectivity index (χ2n) is 4.31. The molecule has 94 valence electrons. The molecule has 0 aliphatic carbocycles. The van der Waals surface area contributed by atoms with Crippen molar-refractivity contribution in [2.24, 2.45) is 0 Å². The van der Waals surface area contributed by atoms with Crippen molar-refractivity contribution in [2.75, 3.05) is 5.73 Å². The highest BCUT2D eigenvalue weighted by Gasteiger charge is 2.14. The molecule has 2 aromatic rings. The fourth-order valence-corrected chi connectivity index (χ4v) is 3.01. The Balaban J connectivity index is 2.27. The lowest BCUT2D eigenvalue weighted by atomic mass is 10.2. The number of hydrogen-bond acceptors (Lipinski definition) is 3. The van der Waals surface area contributed by atoms with Gasteiger partial charge in [-0.25, -0.2) is 8.42 Å². The summed E-state index contributed by atoms with van der Waals surface area (Å²) in [6.07, 6.45) is 0. The number of anilines is 1. The van der Waals surface area contributed by atoms with Crippen LogP contribution in [0.2, 0.25) is 0 Å². The van der Waals surface area contributed by atoms with E-state index in [0.29, 0.717) is 10.6 Å². The van der Waals surface area contributed by atoms with E-state index in [1.165, 1.54) is 0 Å². The van der Waals surface area contributed by atoms with Crippen molar-refractivity contribution in [3.63, 3.8) is 0 Å². The fourth-order valence-electron chi connectivity index (χ4n) is 1.66. The molecule has 0 unspecified atom stereocenters. The van der Waals surface area contributed by atoms with Gasteiger partial charge in [0.15, 0.2) is 9.84 Å². The Morgan fingerprint density at radius 3 is 2.06 bits per heavy atom. The molecule has 18 heavy (non-hydrogen) atoms. The summed E-state index contributed by atoms with van der Waals surface area (Å²) < 4.78 is 24.3. The van der Waals surface area contributed by atoms with E-state index in [-0.39, 0.29) is 5.75 Å². The Labute approximate surface area is 107 Å². The fraction of sp³-hybridized carbons (Fsp3) is 0.143. The maximum atomic E-state index is 12.2. The van der Waals surface area contributed by atoms with Crippen molar-refractivity contribution < 1.29 is 8.42 Å². The van der Waals surface area contributed by atoms with Gasteiger partial charge in [-0.15, -0.1) is 0 Å². The third kappa shape index (κ3) is 2.90. The zero-order chi connectivity index (χ0) is 13.2. The quantitative estimate of drug-likeness (QED) is 0.864. The minimum atomic E-state index is -3.30. The molecule has 0 amide bonds. The van der Waals surface area contributed by atoms with E-state index >= 15 is 0 Å². The predicted octanol–water partition coefficient (Wildman–Crippen LogP) is 2.55. The summed E-state index contributed by atoms with van der Waals surface area (Å²) in [4.78, 5) is 0.303. The van der Waals surface area contributed by atoms with Crippen molar-refractivity contribution in [1.29, 1.82) is 0 Å². The van der Waals surface area contributed by atoms with E-state index in [2.05, 4.69) is 0 Å². The van der Waals surface area contributed by atoms with Gasteiger partial charge in [-0.2, -0.15) is 0 Å². The number of nitrogen functional groups attached to an aromatic ring is 1. The van der Waals surface area contributed by atoms with Crippen LogP contribution in [0.1, 0.15) is 11.1 Å². The van der Waals surface area contributed by atoms with Crippen LogP contribution in [-0.4, -0.2) is 8.42 Å². The molecule has 0 fully saturated rings. The van der Waals surface area contributed by atoms with Crippen LogP contribution in [0.4, 0.5) is 5.69 Å². The molecule has 0 saturated heterocycles. The van der Waals surface area contributed by atoms with Crippen LogP contribution in [0, 0.1) is 6.92 Å². The van der Waals surface area contributed by atoms with Gasteiger partial charge < -0.3 is 5.73 Å². The number of nitrogens with two attached hydrogens (primary N) is 1. The van der Waals surface area contributed by atoms with Gasteiger partial charge in [-0.05, 0) is 36.8 Å². The molecule has 0 aliphatic rings. The van der Waals surface area contributed by atoms with Crippen LogP contribution in [0.5, 0.6) is 0 Å². The topological polar surface area (TPSA) is 60.2 Å². The van der Waals surface area contributed by atoms with E-state index < -0.39 is 9.84 Å². The molecule has 0 saturated carbocycles. The van der Waals surface area contributed by atoms with E-state index in [4.69, 9.17) is 5.73 Å². The second-order valence-corrected chi connectivity index (χ2v) is 6.30. The number of hydrogen-bond donors (Lipinski definition) is 1. The Kier molecular flexibility index (Phi) is 3.39. The molecule has 2 N–H and O–H groups in total. The average molecular weight is 261 g/mol. The third-order valence-corrected chi connectivity index (χ3v) is 4.42. The van der Waals surface area contributed by atoms with E-state index in [1.54, 1.807) is 24.3 Å². The Hall–Kier alpha value is -1.81. The lowest BCUT2D eigenvalue weighted by Crippen LogP contribution is -2.05. The van der Waals surface area contributed by atoms with Gasteiger partial charge in [0, 0.05) is 5.69 Å². The largest absolute Gasteiger partial charge is 0.399 e. The monoisotopic (exact) mass is 261 g/mol. The lowest BCUT2D eigenvalue weighted by Gasteiger charge is -2.05. The minimum Gasteiger partial charge on any atom is -0.399 e. The van der Waals surface area contributed by atoms with Gasteiger partial charge in [0.1, 0.15) is 0 Å². The zero-order valence-electron chi connectivity index (χ0n) is 10.1. The van der Waals surface area contributed by atoms with Crippen molar-refractivity contribution in [1.82, 2.24) is 0 Å². The van der Waals surface area contributed by atoms with E-state index in [9.17, 15) is 8.42 Å². The third-order valence-electron chi connectivity index (χ3n) is 2.72. The molecule has 0 aromatic heterocycles. The van der Waals surface area contributed by atoms with Crippen molar-refractivity contribution in [3.8, 4) is 0 Å². The summed E-state index contributed by atoms with van der Waals surface area (Å²) in [6.45, 7) is 1.97. The molecule has 0 aliphatic heterocycles. The van der Waals surface area contributed by atoms with Crippen molar-refractivity contribution >= 4 is 15.5 Å². The Morgan fingerprint density at radius 2 is 1.50 bits per heavy atom. The zero-order valence-corrected chi connectivity index (χ0v) is 10.9. The van der Waals surface area contributed by atoms with Gasteiger partial charge in [-0.3, -0.25) is 0 Å². The molecule has 3 nitrogen and oxygen atoms in total. The van der Waals surface area contributed by atoms with Gasteiger partial charge in [0.2, 0.25) is 0 Å². The summed E-state index contributed by atoms with van der Waals surface area (Å²) in [6, 6.07) is 13.8. The highest BCUT2D eigenvalue weighted by molar-refractivity contribution is 7.90. The molecule has 0 atom stereocenters. The van der Waals surface area contributed by atoms with Gasteiger partial charge in [0.05, 0.1) is 10.6 Å². The molecule has 2 aromatic carbocycles. The van der Waals surface area contributed by atoms with Crippen LogP contribution in [0.15, 0.2) is 53.4 Å². The molecular weight excluding hydrogens is 246 g/mol. The average Bonchev–Trinajstić information content (AvgIpc) is 2.32. The number of aryl methyl sites for hydroxylation is 1. The lowest BCUT2D eigenvalue weighted by molar-refractivity contribution is 0.595. The number of rotatable bonds is 3. The highest BCUT2D eigenvalue weighted by Crippen LogP contribution is 2.18. The highest BCUT2D eigenvalue weighted by atomic mass is 32.2. The summed E-state index contributed by atoms with van der Waals surface area (Å²) >= 11 is 0. The maximum Gasteiger partial charge on any atom is 0.182 e. The molecular formula is C14H15NO2S. The van der Waals surface area contributed by atoms with Gasteiger partial charge in [0.25, 0.3) is 0 Å².